The van der Waals surface area contributed by atoms with Crippen LogP contribution in [-0.2, 0) is 6.42 Å². The fraction of sp³-hybridized carbons (Fsp3) is 0.737. The van der Waals surface area contributed by atoms with Crippen molar-refractivity contribution in [2.75, 3.05) is 33.2 Å². The van der Waals surface area contributed by atoms with E-state index in [1.807, 2.05) is 19.2 Å². The molecule has 1 aliphatic carbocycles. The molecule has 24 heavy (non-hydrogen) atoms. The van der Waals surface area contributed by atoms with Crippen LogP contribution in [0.3, 0.4) is 0 Å². The van der Waals surface area contributed by atoms with Crippen LogP contribution in [0.25, 0.3) is 0 Å². The number of piperidine rings is 2. The lowest BCUT2D eigenvalue weighted by atomic mass is 9.83. The van der Waals surface area contributed by atoms with Gasteiger partial charge in [0, 0.05) is 45.2 Å². The summed E-state index contributed by atoms with van der Waals surface area (Å²) in [6.07, 6.45) is 9.56. The summed E-state index contributed by atoms with van der Waals surface area (Å²) in [7, 11) is 1.90. The summed E-state index contributed by atoms with van der Waals surface area (Å²) in [6.45, 7) is 4.50. The largest absolute Gasteiger partial charge is 0.469 e. The topological polar surface area (TPSA) is 44.0 Å². The molecule has 2 saturated heterocycles. The molecule has 1 aromatic heterocycles. The summed E-state index contributed by atoms with van der Waals surface area (Å²) < 4.78 is 5.41. The minimum absolute atomic E-state index is 0.816. The number of guanidine groups is 1. The normalized spacial score (nSPS) is 28.7. The molecule has 5 nitrogen and oxygen atoms in total. The van der Waals surface area contributed by atoms with E-state index in [9.17, 15) is 0 Å². The Labute approximate surface area is 145 Å². The van der Waals surface area contributed by atoms with Crippen molar-refractivity contribution in [1.29, 1.82) is 0 Å². The number of nitrogens with one attached hydrogen (secondary N) is 1. The van der Waals surface area contributed by atoms with E-state index in [1.165, 1.54) is 38.6 Å². The first-order chi connectivity index (χ1) is 11.8. The maximum atomic E-state index is 5.41. The molecule has 2 aliphatic heterocycles. The first-order valence-electron chi connectivity index (χ1n) is 9.59. The third-order valence-corrected chi connectivity index (χ3v) is 5.87. The number of nitrogens with zero attached hydrogens (tertiary/aromatic N) is 3. The average molecular weight is 330 g/mol. The number of rotatable bonds is 4. The van der Waals surface area contributed by atoms with Crippen LogP contribution >= 0.6 is 0 Å². The van der Waals surface area contributed by atoms with Crippen molar-refractivity contribution in [3.8, 4) is 0 Å². The molecule has 3 heterocycles. The van der Waals surface area contributed by atoms with E-state index in [2.05, 4.69) is 20.1 Å². The molecule has 1 saturated carbocycles. The zero-order valence-corrected chi connectivity index (χ0v) is 14.8. The van der Waals surface area contributed by atoms with Gasteiger partial charge in [-0.1, -0.05) is 0 Å². The number of likely N-dealkylation sites (tertiary alicyclic amines) is 2. The lowest BCUT2D eigenvalue weighted by Crippen LogP contribution is -2.57. The molecule has 0 spiro atoms. The standard InChI is InChI=1S/C19H30N4O/c1-20-19(21-10-8-17-5-3-13-24-17)22-12-9-18-15(14-22)4-2-11-23(18)16-6-7-16/h3,5,13,15-16,18H,2,4,6-12,14H2,1H3,(H,20,21). The second-order valence-electron chi connectivity index (χ2n) is 7.48. The average Bonchev–Trinajstić information content (AvgIpc) is 3.34. The van der Waals surface area contributed by atoms with Gasteiger partial charge in [0.1, 0.15) is 5.76 Å². The van der Waals surface area contributed by atoms with Crippen LogP contribution < -0.4 is 5.32 Å². The predicted molar refractivity (Wildman–Crippen MR) is 96.2 cm³/mol. The molecule has 2 unspecified atom stereocenters. The van der Waals surface area contributed by atoms with Crippen LogP contribution in [0.4, 0.5) is 0 Å². The lowest BCUT2D eigenvalue weighted by Gasteiger charge is -2.48. The Morgan fingerprint density at radius 1 is 1.29 bits per heavy atom. The third-order valence-electron chi connectivity index (χ3n) is 5.87. The molecule has 1 aromatic rings. The molecule has 2 atom stereocenters. The van der Waals surface area contributed by atoms with Crippen molar-refractivity contribution in [3.63, 3.8) is 0 Å². The molecule has 4 rings (SSSR count). The Bertz CT molecular complexity index is 552. The van der Waals surface area contributed by atoms with E-state index in [-0.39, 0.29) is 0 Å². The van der Waals surface area contributed by atoms with Gasteiger partial charge in [-0.05, 0) is 56.7 Å². The van der Waals surface area contributed by atoms with Gasteiger partial charge < -0.3 is 14.6 Å². The summed E-state index contributed by atoms with van der Waals surface area (Å²) in [4.78, 5) is 9.83. The van der Waals surface area contributed by atoms with Crippen LogP contribution in [0.1, 0.15) is 37.9 Å². The van der Waals surface area contributed by atoms with E-state index < -0.39 is 0 Å². The van der Waals surface area contributed by atoms with Gasteiger partial charge in [-0.15, -0.1) is 0 Å². The minimum atomic E-state index is 0.816. The molecule has 0 bridgehead atoms. The van der Waals surface area contributed by atoms with Crippen molar-refractivity contribution in [2.24, 2.45) is 10.9 Å². The Morgan fingerprint density at radius 3 is 2.96 bits per heavy atom. The monoisotopic (exact) mass is 330 g/mol. The summed E-state index contributed by atoms with van der Waals surface area (Å²) in [5.74, 6) is 2.91. The van der Waals surface area contributed by atoms with E-state index in [0.29, 0.717) is 0 Å². The zero-order chi connectivity index (χ0) is 16.4. The zero-order valence-electron chi connectivity index (χ0n) is 14.8. The fourth-order valence-corrected chi connectivity index (χ4v) is 4.58. The maximum absolute atomic E-state index is 5.41. The number of hydrogen-bond donors (Lipinski definition) is 1. The Kier molecular flexibility index (Phi) is 4.79. The molecule has 1 N–H and O–H groups in total. The number of hydrogen-bond acceptors (Lipinski definition) is 3. The van der Waals surface area contributed by atoms with Crippen molar-refractivity contribution < 1.29 is 4.42 Å². The Hall–Kier alpha value is -1.49. The van der Waals surface area contributed by atoms with E-state index in [1.54, 1.807) is 6.26 Å². The van der Waals surface area contributed by atoms with Crippen LogP contribution in [-0.4, -0.2) is 61.1 Å². The lowest BCUT2D eigenvalue weighted by molar-refractivity contribution is 0.0370. The summed E-state index contributed by atoms with van der Waals surface area (Å²) in [6, 6.07) is 5.72. The molecule has 0 amide bonds. The Balaban J connectivity index is 1.31. The van der Waals surface area contributed by atoms with Gasteiger partial charge in [0.2, 0.25) is 0 Å². The predicted octanol–water partition coefficient (Wildman–Crippen LogP) is 2.35. The SMILES string of the molecule is CN=C(NCCc1ccco1)N1CCC2C(CCCN2C2CC2)C1. The van der Waals surface area contributed by atoms with Crippen LogP contribution in [0, 0.1) is 5.92 Å². The summed E-state index contributed by atoms with van der Waals surface area (Å²) >= 11 is 0. The van der Waals surface area contributed by atoms with Crippen LogP contribution in [0.15, 0.2) is 27.8 Å². The van der Waals surface area contributed by atoms with Crippen molar-refractivity contribution >= 4 is 5.96 Å². The van der Waals surface area contributed by atoms with E-state index >= 15 is 0 Å². The van der Waals surface area contributed by atoms with Gasteiger partial charge in [0.05, 0.1) is 6.26 Å². The van der Waals surface area contributed by atoms with E-state index in [0.717, 1.165) is 55.8 Å². The molecule has 0 radical (unpaired) electrons. The van der Waals surface area contributed by atoms with Crippen LogP contribution in [0.5, 0.6) is 0 Å². The van der Waals surface area contributed by atoms with Gasteiger partial charge in [0.25, 0.3) is 0 Å². The van der Waals surface area contributed by atoms with E-state index in [4.69, 9.17) is 4.42 Å². The molecule has 0 aromatic carbocycles. The quantitative estimate of drug-likeness (QED) is 0.680. The molecule has 3 aliphatic rings. The molecule has 5 heteroatoms. The highest BCUT2D eigenvalue weighted by Crippen LogP contribution is 2.38. The van der Waals surface area contributed by atoms with Gasteiger partial charge in [-0.25, -0.2) is 0 Å². The number of aliphatic imine (C=N–C) groups is 1. The summed E-state index contributed by atoms with van der Waals surface area (Å²) in [5, 5.41) is 3.52. The van der Waals surface area contributed by atoms with Crippen molar-refractivity contribution in [3.05, 3.63) is 24.2 Å². The second kappa shape index (κ2) is 7.18. The maximum Gasteiger partial charge on any atom is 0.193 e. The van der Waals surface area contributed by atoms with Gasteiger partial charge in [0.15, 0.2) is 5.96 Å². The highest BCUT2D eigenvalue weighted by molar-refractivity contribution is 5.80. The van der Waals surface area contributed by atoms with Crippen molar-refractivity contribution in [1.82, 2.24) is 15.1 Å². The smallest absolute Gasteiger partial charge is 0.193 e. The number of fused-ring (bicyclic) bond motifs is 1. The molecular weight excluding hydrogens is 300 g/mol. The summed E-state index contributed by atoms with van der Waals surface area (Å²) in [5.41, 5.74) is 0. The van der Waals surface area contributed by atoms with Gasteiger partial charge in [-0.3, -0.25) is 9.89 Å². The van der Waals surface area contributed by atoms with Crippen LogP contribution in [0.2, 0.25) is 0 Å². The second-order valence-corrected chi connectivity index (χ2v) is 7.48. The molecule has 3 fully saturated rings. The minimum Gasteiger partial charge on any atom is -0.469 e. The fourth-order valence-electron chi connectivity index (χ4n) is 4.58. The molecule has 132 valence electrons. The highest BCUT2D eigenvalue weighted by atomic mass is 16.3. The first kappa shape index (κ1) is 16.0. The molecular formula is C19H30N4O. The first-order valence-corrected chi connectivity index (χ1v) is 9.59. The van der Waals surface area contributed by atoms with Crippen molar-refractivity contribution in [2.45, 2.75) is 50.6 Å². The number of furan rings is 1. The third kappa shape index (κ3) is 3.46. The highest BCUT2D eigenvalue weighted by Gasteiger charge is 2.42. The van der Waals surface area contributed by atoms with Gasteiger partial charge in [-0.2, -0.15) is 0 Å². The Morgan fingerprint density at radius 2 is 2.21 bits per heavy atom. The van der Waals surface area contributed by atoms with Gasteiger partial charge >= 0.3 is 0 Å².